The van der Waals surface area contributed by atoms with E-state index in [0.29, 0.717) is 38.7 Å². The molecule has 1 aliphatic rings. The molecule has 4 rings (SSSR count). The van der Waals surface area contributed by atoms with Crippen LogP contribution in [-0.2, 0) is 0 Å². The number of anilines is 1. The Labute approximate surface area is 189 Å². The summed E-state index contributed by atoms with van der Waals surface area (Å²) in [7, 11) is 0. The summed E-state index contributed by atoms with van der Waals surface area (Å²) >= 11 is 0. The van der Waals surface area contributed by atoms with E-state index in [9.17, 15) is 4.79 Å². The molecule has 6 heteroatoms. The van der Waals surface area contributed by atoms with Gasteiger partial charge in [0.05, 0.1) is 12.3 Å². The molecule has 1 amide bonds. The van der Waals surface area contributed by atoms with Crippen molar-refractivity contribution >= 4 is 11.9 Å². The summed E-state index contributed by atoms with van der Waals surface area (Å²) in [5.41, 5.74) is 6.00. The van der Waals surface area contributed by atoms with Gasteiger partial charge in [-0.2, -0.15) is 0 Å². The maximum atomic E-state index is 13.2. The van der Waals surface area contributed by atoms with E-state index >= 15 is 0 Å². The van der Waals surface area contributed by atoms with Crippen molar-refractivity contribution in [3.63, 3.8) is 0 Å². The Morgan fingerprint density at radius 3 is 2.25 bits per heavy atom. The number of ether oxygens (including phenoxy) is 1. The number of carbonyl (C=O) groups is 1. The molecule has 2 heterocycles. The monoisotopic (exact) mass is 430 g/mol. The smallest absolute Gasteiger partial charge is 0.254 e. The van der Waals surface area contributed by atoms with Gasteiger partial charge in [-0.1, -0.05) is 17.7 Å². The van der Waals surface area contributed by atoms with Gasteiger partial charge in [-0.3, -0.25) is 4.79 Å². The summed E-state index contributed by atoms with van der Waals surface area (Å²) < 4.78 is 5.52. The summed E-state index contributed by atoms with van der Waals surface area (Å²) in [6.07, 6.45) is 1.80. The molecular formula is C26H30N4O2. The van der Waals surface area contributed by atoms with Gasteiger partial charge in [-0.15, -0.1) is 0 Å². The molecule has 166 valence electrons. The number of amides is 1. The van der Waals surface area contributed by atoms with Gasteiger partial charge in [-0.25, -0.2) is 9.97 Å². The summed E-state index contributed by atoms with van der Waals surface area (Å²) in [6.45, 7) is 11.5. The third-order valence-electron chi connectivity index (χ3n) is 5.84. The Balaban J connectivity index is 1.44. The van der Waals surface area contributed by atoms with Gasteiger partial charge in [0, 0.05) is 43.5 Å². The SMILES string of the molecule is CCOc1ccc(-c2ccnc(N3CCN(C(=O)c4c(C)cc(C)cc4C)CC3)n2)cc1. The molecule has 0 radical (unpaired) electrons. The van der Waals surface area contributed by atoms with E-state index in [1.54, 1.807) is 6.20 Å². The van der Waals surface area contributed by atoms with E-state index in [1.165, 1.54) is 5.56 Å². The molecule has 0 bridgehead atoms. The average Bonchev–Trinajstić information content (AvgIpc) is 2.79. The normalized spacial score (nSPS) is 13.9. The zero-order chi connectivity index (χ0) is 22.7. The largest absolute Gasteiger partial charge is 0.494 e. The highest BCUT2D eigenvalue weighted by Gasteiger charge is 2.25. The van der Waals surface area contributed by atoms with Crippen molar-refractivity contribution in [1.29, 1.82) is 0 Å². The zero-order valence-electron chi connectivity index (χ0n) is 19.3. The first-order valence-electron chi connectivity index (χ1n) is 11.1. The Kier molecular flexibility index (Phi) is 6.40. The zero-order valence-corrected chi connectivity index (χ0v) is 19.3. The number of benzene rings is 2. The minimum absolute atomic E-state index is 0.115. The van der Waals surface area contributed by atoms with E-state index in [4.69, 9.17) is 9.72 Å². The van der Waals surface area contributed by atoms with Gasteiger partial charge in [0.1, 0.15) is 5.75 Å². The molecule has 2 aromatic carbocycles. The molecule has 1 aliphatic heterocycles. The molecule has 0 N–H and O–H groups in total. The van der Waals surface area contributed by atoms with Crippen LogP contribution in [0.4, 0.5) is 5.95 Å². The summed E-state index contributed by atoms with van der Waals surface area (Å²) in [4.78, 5) is 26.5. The maximum Gasteiger partial charge on any atom is 0.254 e. The quantitative estimate of drug-likeness (QED) is 0.599. The minimum atomic E-state index is 0.115. The minimum Gasteiger partial charge on any atom is -0.494 e. The third kappa shape index (κ3) is 4.59. The number of piperazine rings is 1. The van der Waals surface area contributed by atoms with Crippen molar-refractivity contribution in [2.45, 2.75) is 27.7 Å². The van der Waals surface area contributed by atoms with Crippen molar-refractivity contribution in [3.05, 3.63) is 70.9 Å². The van der Waals surface area contributed by atoms with Crippen molar-refractivity contribution in [3.8, 4) is 17.0 Å². The Hall–Kier alpha value is -3.41. The van der Waals surface area contributed by atoms with E-state index in [0.717, 1.165) is 33.7 Å². The van der Waals surface area contributed by atoms with Crippen LogP contribution in [0.2, 0.25) is 0 Å². The van der Waals surface area contributed by atoms with Crippen LogP contribution in [0.25, 0.3) is 11.3 Å². The van der Waals surface area contributed by atoms with E-state index in [-0.39, 0.29) is 5.91 Å². The molecule has 0 spiro atoms. The van der Waals surface area contributed by atoms with Gasteiger partial charge in [0.15, 0.2) is 0 Å². The highest BCUT2D eigenvalue weighted by atomic mass is 16.5. The van der Waals surface area contributed by atoms with E-state index < -0.39 is 0 Å². The molecule has 6 nitrogen and oxygen atoms in total. The van der Waals surface area contributed by atoms with Crippen LogP contribution < -0.4 is 9.64 Å². The summed E-state index contributed by atoms with van der Waals surface area (Å²) in [5.74, 6) is 1.67. The lowest BCUT2D eigenvalue weighted by molar-refractivity contribution is 0.0744. The maximum absolute atomic E-state index is 13.2. The average molecular weight is 431 g/mol. The molecule has 0 atom stereocenters. The first-order chi connectivity index (χ1) is 15.5. The number of aryl methyl sites for hydroxylation is 3. The molecule has 1 aromatic heterocycles. The molecule has 0 unspecified atom stereocenters. The number of aromatic nitrogens is 2. The van der Waals surface area contributed by atoms with Gasteiger partial charge in [-0.05, 0) is 69.2 Å². The van der Waals surface area contributed by atoms with Gasteiger partial charge < -0.3 is 14.5 Å². The van der Waals surface area contributed by atoms with Crippen LogP contribution in [0, 0.1) is 20.8 Å². The Morgan fingerprint density at radius 2 is 1.62 bits per heavy atom. The lowest BCUT2D eigenvalue weighted by Gasteiger charge is -2.35. The lowest BCUT2D eigenvalue weighted by atomic mass is 9.98. The van der Waals surface area contributed by atoms with Crippen molar-refractivity contribution in [2.75, 3.05) is 37.7 Å². The number of hydrogen-bond donors (Lipinski definition) is 0. The van der Waals surface area contributed by atoms with Crippen molar-refractivity contribution < 1.29 is 9.53 Å². The fourth-order valence-corrected chi connectivity index (χ4v) is 4.34. The predicted octanol–water partition coefficient (Wildman–Crippen LogP) is 4.43. The second kappa shape index (κ2) is 9.39. The number of nitrogens with zero attached hydrogens (tertiary/aromatic N) is 4. The number of carbonyl (C=O) groups excluding carboxylic acids is 1. The highest BCUT2D eigenvalue weighted by Crippen LogP contribution is 2.24. The molecule has 0 aliphatic carbocycles. The molecular weight excluding hydrogens is 400 g/mol. The first kappa shape index (κ1) is 21.8. The second-order valence-corrected chi connectivity index (χ2v) is 8.25. The van der Waals surface area contributed by atoms with Gasteiger partial charge >= 0.3 is 0 Å². The molecule has 3 aromatic rings. The van der Waals surface area contributed by atoms with Crippen LogP contribution in [-0.4, -0.2) is 53.6 Å². The first-order valence-corrected chi connectivity index (χ1v) is 11.1. The highest BCUT2D eigenvalue weighted by molar-refractivity contribution is 5.97. The fraction of sp³-hybridized carbons (Fsp3) is 0.346. The van der Waals surface area contributed by atoms with E-state index in [2.05, 4.69) is 28.9 Å². The Morgan fingerprint density at radius 1 is 0.969 bits per heavy atom. The summed E-state index contributed by atoms with van der Waals surface area (Å²) in [6, 6.07) is 14.0. The third-order valence-corrected chi connectivity index (χ3v) is 5.84. The molecule has 32 heavy (non-hydrogen) atoms. The van der Waals surface area contributed by atoms with E-state index in [1.807, 2.05) is 56.0 Å². The van der Waals surface area contributed by atoms with Crippen LogP contribution in [0.3, 0.4) is 0 Å². The topological polar surface area (TPSA) is 58.6 Å². The Bertz CT molecular complexity index is 1080. The van der Waals surface area contributed by atoms with Gasteiger partial charge in [0.2, 0.25) is 5.95 Å². The van der Waals surface area contributed by atoms with Crippen molar-refractivity contribution in [1.82, 2.24) is 14.9 Å². The second-order valence-electron chi connectivity index (χ2n) is 8.25. The molecule has 1 saturated heterocycles. The van der Waals surface area contributed by atoms with Crippen LogP contribution >= 0.6 is 0 Å². The summed E-state index contributed by atoms with van der Waals surface area (Å²) in [5, 5.41) is 0. The van der Waals surface area contributed by atoms with Crippen molar-refractivity contribution in [2.24, 2.45) is 0 Å². The predicted molar refractivity (Wildman–Crippen MR) is 127 cm³/mol. The molecule has 0 saturated carbocycles. The van der Waals surface area contributed by atoms with Crippen LogP contribution in [0.1, 0.15) is 34.0 Å². The van der Waals surface area contributed by atoms with Crippen LogP contribution in [0.15, 0.2) is 48.7 Å². The standard InChI is InChI=1S/C26H30N4O2/c1-5-32-22-8-6-21(7-9-22)23-10-11-27-26(28-23)30-14-12-29(13-15-30)25(31)24-19(3)16-18(2)17-20(24)4/h6-11,16-17H,5,12-15H2,1-4H3. The number of rotatable bonds is 5. The lowest BCUT2D eigenvalue weighted by Crippen LogP contribution is -2.49. The number of hydrogen-bond acceptors (Lipinski definition) is 5. The fourth-order valence-electron chi connectivity index (χ4n) is 4.34. The van der Waals surface area contributed by atoms with Crippen LogP contribution in [0.5, 0.6) is 5.75 Å². The van der Waals surface area contributed by atoms with Gasteiger partial charge in [0.25, 0.3) is 5.91 Å². The molecule has 1 fully saturated rings.